The fourth-order valence-corrected chi connectivity index (χ4v) is 3.37. The largest absolute Gasteiger partial charge is 0.316 e. The summed E-state index contributed by atoms with van der Waals surface area (Å²) in [4.78, 5) is 0.332. The van der Waals surface area contributed by atoms with Crippen molar-refractivity contribution in [1.82, 2.24) is 19.8 Å². The fourth-order valence-electron chi connectivity index (χ4n) is 2.06. The predicted molar refractivity (Wildman–Crippen MR) is 81.2 cm³/mol. The van der Waals surface area contributed by atoms with Gasteiger partial charge in [0.05, 0.1) is 4.90 Å². The summed E-state index contributed by atoms with van der Waals surface area (Å²) in [6, 6.07) is 8.86. The van der Waals surface area contributed by atoms with E-state index in [9.17, 15) is 8.42 Å². The summed E-state index contributed by atoms with van der Waals surface area (Å²) in [6.45, 7) is 1.59. The Hall–Kier alpha value is -1.70. The van der Waals surface area contributed by atoms with E-state index in [1.165, 1.54) is 0 Å². The maximum absolute atomic E-state index is 12.3. The molecule has 0 fully saturated rings. The molecule has 21 heavy (non-hydrogen) atoms. The lowest BCUT2D eigenvalue weighted by atomic mass is 10.2. The van der Waals surface area contributed by atoms with Crippen molar-refractivity contribution in [2.75, 3.05) is 13.6 Å². The molecule has 0 saturated heterocycles. The van der Waals surface area contributed by atoms with E-state index in [0.29, 0.717) is 31.0 Å². The quantitative estimate of drug-likeness (QED) is 0.713. The summed E-state index contributed by atoms with van der Waals surface area (Å²) >= 11 is 0. The monoisotopic (exact) mass is 308 g/mol. The molecule has 2 N–H and O–H groups in total. The van der Waals surface area contributed by atoms with Gasteiger partial charge in [0.1, 0.15) is 0 Å². The molecule has 114 valence electrons. The van der Waals surface area contributed by atoms with Gasteiger partial charge in [0.25, 0.3) is 0 Å². The molecule has 6 nitrogen and oxygen atoms in total. The molecular formula is C14H20N4O2S. The van der Waals surface area contributed by atoms with Gasteiger partial charge in [0.15, 0.2) is 0 Å². The number of sulfonamides is 1. The van der Waals surface area contributed by atoms with Crippen molar-refractivity contribution in [3.63, 3.8) is 0 Å². The smallest absolute Gasteiger partial charge is 0.240 e. The van der Waals surface area contributed by atoms with Crippen molar-refractivity contribution in [2.45, 2.75) is 24.4 Å². The van der Waals surface area contributed by atoms with Crippen molar-refractivity contribution < 1.29 is 8.42 Å². The van der Waals surface area contributed by atoms with Gasteiger partial charge >= 0.3 is 0 Å². The molecule has 0 unspecified atom stereocenters. The lowest BCUT2D eigenvalue weighted by Crippen LogP contribution is -2.27. The van der Waals surface area contributed by atoms with Crippen LogP contribution in [0.1, 0.15) is 12.0 Å². The minimum Gasteiger partial charge on any atom is -0.316 e. The summed E-state index contributed by atoms with van der Waals surface area (Å²) in [5.41, 5.74) is 0.763. The van der Waals surface area contributed by atoms with Crippen LogP contribution in [-0.4, -0.2) is 31.8 Å². The first-order chi connectivity index (χ1) is 10.1. The highest BCUT2D eigenvalue weighted by Crippen LogP contribution is 2.14. The van der Waals surface area contributed by atoms with Crippen LogP contribution in [0.3, 0.4) is 0 Å². The first-order valence-electron chi connectivity index (χ1n) is 6.83. The minimum atomic E-state index is -3.47. The fraction of sp³-hybridized carbons (Fsp3) is 0.357. The SMILES string of the molecule is CNCc1ccccc1S(=O)(=O)NCCCn1cccn1. The second-order valence-electron chi connectivity index (χ2n) is 4.66. The van der Waals surface area contributed by atoms with Crippen molar-refractivity contribution in [2.24, 2.45) is 0 Å². The Balaban J connectivity index is 1.95. The predicted octanol–water partition coefficient (Wildman–Crippen LogP) is 0.971. The van der Waals surface area contributed by atoms with Crippen LogP contribution in [0.25, 0.3) is 0 Å². The number of aryl methyl sites for hydroxylation is 1. The van der Waals surface area contributed by atoms with E-state index >= 15 is 0 Å². The zero-order valence-corrected chi connectivity index (χ0v) is 12.8. The zero-order chi connectivity index (χ0) is 15.1. The standard InChI is InChI=1S/C14H20N4O2S/c1-15-12-13-6-2-3-7-14(13)21(19,20)17-9-5-11-18-10-4-8-16-18/h2-4,6-8,10,15,17H,5,9,11-12H2,1H3. The van der Waals surface area contributed by atoms with E-state index in [1.807, 2.05) is 24.4 Å². The lowest BCUT2D eigenvalue weighted by molar-refractivity contribution is 0.552. The first kappa shape index (κ1) is 15.7. The van der Waals surface area contributed by atoms with Crippen molar-refractivity contribution in [3.8, 4) is 0 Å². The van der Waals surface area contributed by atoms with Crippen LogP contribution < -0.4 is 10.0 Å². The van der Waals surface area contributed by atoms with Gasteiger partial charge in [-0.25, -0.2) is 13.1 Å². The van der Waals surface area contributed by atoms with Crippen LogP contribution in [0.2, 0.25) is 0 Å². The van der Waals surface area contributed by atoms with Gasteiger partial charge in [-0.05, 0) is 31.2 Å². The molecule has 0 aliphatic rings. The van der Waals surface area contributed by atoms with Crippen LogP contribution in [-0.2, 0) is 23.1 Å². The first-order valence-corrected chi connectivity index (χ1v) is 8.31. The lowest BCUT2D eigenvalue weighted by Gasteiger charge is -2.11. The number of nitrogens with zero attached hydrogens (tertiary/aromatic N) is 2. The van der Waals surface area contributed by atoms with Crippen LogP contribution >= 0.6 is 0 Å². The molecule has 0 spiro atoms. The number of aromatic nitrogens is 2. The van der Waals surface area contributed by atoms with Crippen LogP contribution in [0.4, 0.5) is 0 Å². The van der Waals surface area contributed by atoms with Gasteiger partial charge in [-0.15, -0.1) is 0 Å². The van der Waals surface area contributed by atoms with E-state index < -0.39 is 10.0 Å². The maximum Gasteiger partial charge on any atom is 0.240 e. The van der Waals surface area contributed by atoms with Gasteiger partial charge in [-0.1, -0.05) is 18.2 Å². The Bertz CT molecular complexity index is 653. The Morgan fingerprint density at radius 1 is 1.24 bits per heavy atom. The third-order valence-corrected chi connectivity index (χ3v) is 4.61. The van der Waals surface area contributed by atoms with E-state index in [-0.39, 0.29) is 0 Å². The summed E-state index contributed by atoms with van der Waals surface area (Å²) in [7, 11) is -1.68. The van der Waals surface area contributed by atoms with Gasteiger partial charge in [0, 0.05) is 32.0 Å². The molecule has 0 aliphatic carbocycles. The number of rotatable bonds is 8. The Morgan fingerprint density at radius 2 is 2.05 bits per heavy atom. The highest BCUT2D eigenvalue weighted by Gasteiger charge is 2.16. The molecule has 7 heteroatoms. The summed E-state index contributed by atoms with van der Waals surface area (Å²) in [5.74, 6) is 0. The van der Waals surface area contributed by atoms with Gasteiger partial charge < -0.3 is 5.32 Å². The normalized spacial score (nSPS) is 11.7. The molecule has 1 aromatic heterocycles. The molecule has 0 bridgehead atoms. The number of hydrogen-bond acceptors (Lipinski definition) is 4. The average molecular weight is 308 g/mol. The number of benzene rings is 1. The second-order valence-corrected chi connectivity index (χ2v) is 6.39. The summed E-state index contributed by atoms with van der Waals surface area (Å²) < 4.78 is 29.1. The second kappa shape index (κ2) is 7.35. The molecule has 2 rings (SSSR count). The van der Waals surface area contributed by atoms with Crippen molar-refractivity contribution in [1.29, 1.82) is 0 Å². The molecule has 1 heterocycles. The van der Waals surface area contributed by atoms with Crippen molar-refractivity contribution >= 4 is 10.0 Å². The molecule has 0 aliphatic heterocycles. The molecule has 1 aromatic carbocycles. The minimum absolute atomic E-state index is 0.332. The topological polar surface area (TPSA) is 76.0 Å². The average Bonchev–Trinajstić information content (AvgIpc) is 2.98. The van der Waals surface area contributed by atoms with Crippen molar-refractivity contribution in [3.05, 3.63) is 48.3 Å². The summed E-state index contributed by atoms with van der Waals surface area (Å²) in [5, 5.41) is 7.06. The Labute approximate surface area is 125 Å². The van der Waals surface area contributed by atoms with Gasteiger partial charge in [0.2, 0.25) is 10.0 Å². The third-order valence-electron chi connectivity index (χ3n) is 3.04. The van der Waals surface area contributed by atoms with E-state index in [1.54, 1.807) is 30.1 Å². The van der Waals surface area contributed by atoms with E-state index in [4.69, 9.17) is 0 Å². The molecule has 0 amide bonds. The van der Waals surface area contributed by atoms with Crippen LogP contribution in [0.5, 0.6) is 0 Å². The van der Waals surface area contributed by atoms with E-state index in [0.717, 1.165) is 5.56 Å². The van der Waals surface area contributed by atoms with E-state index in [2.05, 4.69) is 15.1 Å². The Morgan fingerprint density at radius 3 is 2.76 bits per heavy atom. The maximum atomic E-state index is 12.3. The molecule has 0 saturated carbocycles. The van der Waals surface area contributed by atoms with Crippen LogP contribution in [0, 0.1) is 0 Å². The molecule has 0 atom stereocenters. The Kier molecular flexibility index (Phi) is 5.49. The highest BCUT2D eigenvalue weighted by molar-refractivity contribution is 7.89. The number of hydrogen-bond donors (Lipinski definition) is 2. The highest BCUT2D eigenvalue weighted by atomic mass is 32.2. The molecular weight excluding hydrogens is 288 g/mol. The van der Waals surface area contributed by atoms with Crippen LogP contribution in [0.15, 0.2) is 47.6 Å². The number of nitrogens with one attached hydrogen (secondary N) is 2. The van der Waals surface area contributed by atoms with Gasteiger partial charge in [-0.3, -0.25) is 4.68 Å². The molecule has 0 radical (unpaired) electrons. The van der Waals surface area contributed by atoms with Gasteiger partial charge in [-0.2, -0.15) is 5.10 Å². The zero-order valence-electron chi connectivity index (χ0n) is 12.0. The summed E-state index contributed by atoms with van der Waals surface area (Å²) in [6.07, 6.45) is 4.25. The molecule has 2 aromatic rings. The third kappa shape index (κ3) is 4.38.